The van der Waals surface area contributed by atoms with Gasteiger partial charge in [0.25, 0.3) is 0 Å². The van der Waals surface area contributed by atoms with E-state index >= 15 is 0 Å². The van der Waals surface area contributed by atoms with Crippen molar-refractivity contribution in [2.45, 2.75) is 52.5 Å². The summed E-state index contributed by atoms with van der Waals surface area (Å²) in [4.78, 5) is 0. The number of rotatable bonds is 0. The summed E-state index contributed by atoms with van der Waals surface area (Å²) in [6.07, 6.45) is 1.92. The third kappa shape index (κ3) is 2.08. The van der Waals surface area contributed by atoms with Gasteiger partial charge in [-0.3, -0.25) is 4.68 Å². The van der Waals surface area contributed by atoms with Crippen LogP contribution in [-0.4, -0.2) is 9.78 Å². The smallest absolute Gasteiger partial charge is 0.0907 e. The van der Waals surface area contributed by atoms with E-state index in [1.165, 1.54) is 0 Å². The fraction of sp³-hybridized carbons (Fsp3) is 0.727. The van der Waals surface area contributed by atoms with Gasteiger partial charge in [-0.05, 0) is 20.8 Å². The largest absolute Gasteiger partial charge is 0.396 e. The number of aromatic nitrogens is 2. The maximum absolute atomic E-state index is 5.94. The minimum atomic E-state index is -0.00236. The standard InChI is InChI=1S/C11H21N3/c1-10(2,3)9-8(12)7-14(13-9)11(4,5)6/h7H,12H2,1-6H3. The first-order valence-corrected chi connectivity index (χ1v) is 4.98. The fourth-order valence-electron chi connectivity index (χ4n) is 1.31. The van der Waals surface area contributed by atoms with E-state index in [-0.39, 0.29) is 11.0 Å². The molecule has 0 bridgehead atoms. The van der Waals surface area contributed by atoms with Gasteiger partial charge in [0.1, 0.15) is 0 Å². The normalized spacial score (nSPS) is 13.3. The van der Waals surface area contributed by atoms with Crippen LogP contribution in [0.2, 0.25) is 0 Å². The van der Waals surface area contributed by atoms with Crippen LogP contribution in [0.25, 0.3) is 0 Å². The van der Waals surface area contributed by atoms with Crippen molar-refractivity contribution < 1.29 is 0 Å². The zero-order valence-corrected chi connectivity index (χ0v) is 10.0. The summed E-state index contributed by atoms with van der Waals surface area (Å²) in [6.45, 7) is 12.7. The molecule has 0 saturated heterocycles. The Bertz CT molecular complexity index is 323. The molecular formula is C11H21N3. The van der Waals surface area contributed by atoms with Gasteiger partial charge in [-0.1, -0.05) is 20.8 Å². The summed E-state index contributed by atoms with van der Waals surface area (Å²) < 4.78 is 1.93. The molecule has 0 atom stereocenters. The van der Waals surface area contributed by atoms with Gasteiger partial charge in [0.05, 0.1) is 16.9 Å². The van der Waals surface area contributed by atoms with Gasteiger partial charge in [0, 0.05) is 11.6 Å². The number of anilines is 1. The summed E-state index contributed by atoms with van der Waals surface area (Å²) in [5.74, 6) is 0. The fourth-order valence-corrected chi connectivity index (χ4v) is 1.31. The molecule has 0 spiro atoms. The summed E-state index contributed by atoms with van der Waals surface area (Å²) in [7, 11) is 0. The zero-order chi connectivity index (χ0) is 11.1. The van der Waals surface area contributed by atoms with Crippen LogP contribution in [0, 0.1) is 0 Å². The maximum atomic E-state index is 5.94. The van der Waals surface area contributed by atoms with Gasteiger partial charge < -0.3 is 5.73 Å². The molecule has 0 aliphatic heterocycles. The van der Waals surface area contributed by atoms with Crippen LogP contribution < -0.4 is 5.73 Å². The predicted molar refractivity (Wildman–Crippen MR) is 60.3 cm³/mol. The van der Waals surface area contributed by atoms with Crippen molar-refractivity contribution in [2.75, 3.05) is 5.73 Å². The lowest BCUT2D eigenvalue weighted by Crippen LogP contribution is -2.23. The van der Waals surface area contributed by atoms with E-state index in [1.54, 1.807) is 0 Å². The zero-order valence-electron chi connectivity index (χ0n) is 10.0. The average molecular weight is 195 g/mol. The monoisotopic (exact) mass is 195 g/mol. The van der Waals surface area contributed by atoms with Crippen molar-refractivity contribution in [1.82, 2.24) is 9.78 Å². The molecule has 1 aromatic heterocycles. The van der Waals surface area contributed by atoms with Gasteiger partial charge in [-0.2, -0.15) is 5.10 Å². The van der Waals surface area contributed by atoms with E-state index in [0.717, 1.165) is 11.4 Å². The topological polar surface area (TPSA) is 43.8 Å². The molecule has 2 N–H and O–H groups in total. The van der Waals surface area contributed by atoms with E-state index < -0.39 is 0 Å². The SMILES string of the molecule is CC(C)(C)c1nn(C(C)(C)C)cc1N. The van der Waals surface area contributed by atoms with Crippen LogP contribution in [-0.2, 0) is 11.0 Å². The highest BCUT2D eigenvalue weighted by Gasteiger charge is 2.24. The lowest BCUT2D eigenvalue weighted by Gasteiger charge is -2.20. The van der Waals surface area contributed by atoms with E-state index in [0.29, 0.717) is 0 Å². The maximum Gasteiger partial charge on any atom is 0.0907 e. The van der Waals surface area contributed by atoms with Gasteiger partial charge >= 0.3 is 0 Å². The molecule has 0 saturated carbocycles. The molecule has 0 fully saturated rings. The first-order chi connectivity index (χ1) is 6.12. The van der Waals surface area contributed by atoms with Crippen molar-refractivity contribution in [2.24, 2.45) is 0 Å². The molecule has 1 rings (SSSR count). The van der Waals surface area contributed by atoms with Gasteiger partial charge in [0.2, 0.25) is 0 Å². The molecule has 0 amide bonds. The summed E-state index contributed by atoms with van der Waals surface area (Å²) >= 11 is 0. The van der Waals surface area contributed by atoms with Gasteiger partial charge in [-0.25, -0.2) is 0 Å². The molecule has 0 unspecified atom stereocenters. The molecule has 1 heterocycles. The Morgan fingerprint density at radius 3 is 1.86 bits per heavy atom. The number of nitrogens with two attached hydrogens (primary N) is 1. The summed E-state index contributed by atoms with van der Waals surface area (Å²) in [6, 6.07) is 0. The molecular weight excluding hydrogens is 174 g/mol. The minimum Gasteiger partial charge on any atom is -0.396 e. The van der Waals surface area contributed by atoms with Crippen LogP contribution in [0.4, 0.5) is 5.69 Å². The molecule has 0 aromatic carbocycles. The number of hydrogen-bond acceptors (Lipinski definition) is 2. The lowest BCUT2D eigenvalue weighted by atomic mass is 9.92. The van der Waals surface area contributed by atoms with Crippen LogP contribution in [0.15, 0.2) is 6.20 Å². The third-order valence-corrected chi connectivity index (χ3v) is 2.14. The molecule has 1 aromatic rings. The van der Waals surface area contributed by atoms with Gasteiger partial charge in [0.15, 0.2) is 0 Å². The van der Waals surface area contributed by atoms with E-state index in [4.69, 9.17) is 5.73 Å². The molecule has 0 radical (unpaired) electrons. The first kappa shape index (κ1) is 11.1. The third-order valence-electron chi connectivity index (χ3n) is 2.14. The highest BCUT2D eigenvalue weighted by molar-refractivity contribution is 5.44. The lowest BCUT2D eigenvalue weighted by molar-refractivity contribution is 0.348. The van der Waals surface area contributed by atoms with Crippen molar-refractivity contribution in [1.29, 1.82) is 0 Å². The second-order valence-corrected chi connectivity index (χ2v) is 5.80. The molecule has 14 heavy (non-hydrogen) atoms. The van der Waals surface area contributed by atoms with E-state index in [1.807, 2.05) is 10.9 Å². The second kappa shape index (κ2) is 3.01. The molecule has 0 aliphatic rings. The Morgan fingerprint density at radius 2 is 1.64 bits per heavy atom. The van der Waals surface area contributed by atoms with Crippen LogP contribution in [0.5, 0.6) is 0 Å². The molecule has 3 heteroatoms. The van der Waals surface area contributed by atoms with Gasteiger partial charge in [-0.15, -0.1) is 0 Å². The van der Waals surface area contributed by atoms with E-state index in [9.17, 15) is 0 Å². The highest BCUT2D eigenvalue weighted by atomic mass is 15.3. The summed E-state index contributed by atoms with van der Waals surface area (Å²) in [5, 5.41) is 4.54. The quantitative estimate of drug-likeness (QED) is 0.691. The Labute approximate surface area is 86.3 Å². The average Bonchev–Trinajstić information content (AvgIpc) is 2.27. The molecule has 3 nitrogen and oxygen atoms in total. The Hall–Kier alpha value is -0.990. The predicted octanol–water partition coefficient (Wildman–Crippen LogP) is 2.52. The Balaban J connectivity index is 3.19. The van der Waals surface area contributed by atoms with Crippen LogP contribution in [0.1, 0.15) is 47.2 Å². The Kier molecular flexibility index (Phi) is 2.38. The van der Waals surface area contributed by atoms with E-state index in [2.05, 4.69) is 46.6 Å². The van der Waals surface area contributed by atoms with Crippen molar-refractivity contribution in [3.63, 3.8) is 0 Å². The number of hydrogen-bond donors (Lipinski definition) is 1. The molecule has 80 valence electrons. The van der Waals surface area contributed by atoms with Crippen molar-refractivity contribution >= 4 is 5.69 Å². The number of nitrogen functional groups attached to an aromatic ring is 1. The van der Waals surface area contributed by atoms with Crippen molar-refractivity contribution in [3.05, 3.63) is 11.9 Å². The number of nitrogens with zero attached hydrogens (tertiary/aromatic N) is 2. The second-order valence-electron chi connectivity index (χ2n) is 5.80. The highest BCUT2D eigenvalue weighted by Crippen LogP contribution is 2.27. The first-order valence-electron chi connectivity index (χ1n) is 4.98. The van der Waals surface area contributed by atoms with Crippen LogP contribution >= 0.6 is 0 Å². The summed E-state index contributed by atoms with van der Waals surface area (Å²) in [5.41, 5.74) is 7.72. The molecule has 0 aliphatic carbocycles. The van der Waals surface area contributed by atoms with Crippen molar-refractivity contribution in [3.8, 4) is 0 Å². The Morgan fingerprint density at radius 1 is 1.14 bits per heavy atom. The minimum absolute atomic E-state index is 0.00236. The van der Waals surface area contributed by atoms with Crippen LogP contribution in [0.3, 0.4) is 0 Å².